The van der Waals surface area contributed by atoms with Gasteiger partial charge in [-0.05, 0) is 24.6 Å². The molecule has 0 amide bonds. The molecule has 3 rings (SSSR count). The molecule has 0 aliphatic rings. The van der Waals surface area contributed by atoms with Gasteiger partial charge in [-0.1, -0.05) is 12.1 Å². The standard InChI is InChI=1S/C16H19N5O/c1-11-14(9-12-6-5-7-13(8-12)22-4)15(20(2)3)21-16(19-11)17-10-18-21/h5-8,10H,9H2,1-4H3. The van der Waals surface area contributed by atoms with Gasteiger partial charge in [0.05, 0.1) is 7.11 Å². The van der Waals surface area contributed by atoms with Crippen molar-refractivity contribution in [3.63, 3.8) is 0 Å². The second-order valence-corrected chi connectivity index (χ2v) is 5.39. The number of methoxy groups -OCH3 is 1. The average molecular weight is 297 g/mol. The molecule has 0 saturated heterocycles. The van der Waals surface area contributed by atoms with Crippen LogP contribution in [0.25, 0.3) is 5.78 Å². The van der Waals surface area contributed by atoms with E-state index in [1.165, 1.54) is 11.9 Å². The normalized spacial score (nSPS) is 10.9. The number of benzene rings is 1. The number of rotatable bonds is 4. The first-order valence-corrected chi connectivity index (χ1v) is 7.09. The fraction of sp³-hybridized carbons (Fsp3) is 0.312. The number of fused-ring (bicyclic) bond motifs is 1. The molecule has 6 heteroatoms. The minimum absolute atomic E-state index is 0.621. The first-order chi connectivity index (χ1) is 10.6. The maximum Gasteiger partial charge on any atom is 0.254 e. The van der Waals surface area contributed by atoms with Gasteiger partial charge in [-0.3, -0.25) is 0 Å². The topological polar surface area (TPSA) is 55.6 Å². The highest BCUT2D eigenvalue weighted by atomic mass is 16.5. The summed E-state index contributed by atoms with van der Waals surface area (Å²) in [5.74, 6) is 2.48. The Morgan fingerprint density at radius 3 is 2.82 bits per heavy atom. The molecule has 22 heavy (non-hydrogen) atoms. The summed E-state index contributed by atoms with van der Waals surface area (Å²) in [5.41, 5.74) is 3.27. The smallest absolute Gasteiger partial charge is 0.254 e. The van der Waals surface area contributed by atoms with Crippen molar-refractivity contribution in [2.24, 2.45) is 0 Å². The highest BCUT2D eigenvalue weighted by molar-refractivity contribution is 5.55. The Bertz CT molecular complexity index is 809. The van der Waals surface area contributed by atoms with Gasteiger partial charge in [0.1, 0.15) is 17.9 Å². The van der Waals surface area contributed by atoms with Gasteiger partial charge >= 0.3 is 0 Å². The molecule has 0 unspecified atom stereocenters. The molecule has 0 N–H and O–H groups in total. The molecular formula is C16H19N5O. The van der Waals surface area contributed by atoms with E-state index in [-0.39, 0.29) is 0 Å². The summed E-state index contributed by atoms with van der Waals surface area (Å²) < 4.78 is 7.08. The molecule has 0 spiro atoms. The SMILES string of the molecule is COc1cccc(Cc2c(C)nc3ncnn3c2N(C)C)c1. The van der Waals surface area contributed by atoms with Crippen LogP contribution in [0.4, 0.5) is 5.82 Å². The number of anilines is 1. The molecule has 0 saturated carbocycles. The third-order valence-electron chi connectivity index (χ3n) is 3.64. The third kappa shape index (κ3) is 2.47. The zero-order valence-electron chi connectivity index (χ0n) is 13.2. The summed E-state index contributed by atoms with van der Waals surface area (Å²) in [6.45, 7) is 2.01. The van der Waals surface area contributed by atoms with Crippen LogP contribution in [-0.2, 0) is 6.42 Å². The molecule has 0 atom stereocenters. The molecule has 0 bridgehead atoms. The van der Waals surface area contributed by atoms with Gasteiger partial charge in [0.2, 0.25) is 0 Å². The third-order valence-corrected chi connectivity index (χ3v) is 3.64. The lowest BCUT2D eigenvalue weighted by Gasteiger charge is -2.20. The van der Waals surface area contributed by atoms with Crippen LogP contribution in [-0.4, -0.2) is 40.8 Å². The molecule has 2 heterocycles. The van der Waals surface area contributed by atoms with Gasteiger partial charge in [0.15, 0.2) is 0 Å². The van der Waals surface area contributed by atoms with E-state index in [9.17, 15) is 0 Å². The van der Waals surface area contributed by atoms with E-state index in [2.05, 4.69) is 21.1 Å². The van der Waals surface area contributed by atoms with Crippen LogP contribution in [0.15, 0.2) is 30.6 Å². The molecule has 3 aromatic rings. The predicted octanol–water partition coefficient (Wildman–Crippen LogP) is 2.10. The number of aromatic nitrogens is 4. The first kappa shape index (κ1) is 14.3. The molecule has 2 aromatic heterocycles. The Balaban J connectivity index is 2.12. The molecule has 0 fully saturated rings. The van der Waals surface area contributed by atoms with Crippen LogP contribution < -0.4 is 9.64 Å². The predicted molar refractivity (Wildman–Crippen MR) is 85.6 cm³/mol. The fourth-order valence-corrected chi connectivity index (χ4v) is 2.62. The summed E-state index contributed by atoms with van der Waals surface area (Å²) in [5, 5.41) is 4.29. The lowest BCUT2D eigenvalue weighted by Crippen LogP contribution is -2.18. The lowest BCUT2D eigenvalue weighted by atomic mass is 10.0. The summed E-state index contributed by atoms with van der Waals surface area (Å²) in [4.78, 5) is 10.8. The molecule has 0 radical (unpaired) electrons. The van der Waals surface area contributed by atoms with Crippen LogP contribution in [0.3, 0.4) is 0 Å². The molecule has 1 aromatic carbocycles. The summed E-state index contributed by atoms with van der Waals surface area (Å²) >= 11 is 0. The van der Waals surface area contributed by atoms with Gasteiger partial charge in [0, 0.05) is 31.8 Å². The number of ether oxygens (including phenoxy) is 1. The second-order valence-electron chi connectivity index (χ2n) is 5.39. The summed E-state index contributed by atoms with van der Waals surface area (Å²) in [7, 11) is 5.69. The van der Waals surface area contributed by atoms with Crippen molar-refractivity contribution in [2.75, 3.05) is 26.1 Å². The van der Waals surface area contributed by atoms with Crippen molar-refractivity contribution >= 4 is 11.6 Å². The zero-order valence-corrected chi connectivity index (χ0v) is 13.2. The quantitative estimate of drug-likeness (QED) is 0.738. The molecule has 6 nitrogen and oxygen atoms in total. The van der Waals surface area contributed by atoms with Crippen molar-refractivity contribution in [3.8, 4) is 5.75 Å². The van der Waals surface area contributed by atoms with Crippen LogP contribution in [0, 0.1) is 6.92 Å². The molecule has 0 aliphatic heterocycles. The van der Waals surface area contributed by atoms with E-state index in [0.717, 1.165) is 29.2 Å². The van der Waals surface area contributed by atoms with Gasteiger partial charge in [-0.2, -0.15) is 14.6 Å². The van der Waals surface area contributed by atoms with Gasteiger partial charge < -0.3 is 9.64 Å². The number of aryl methyl sites for hydroxylation is 1. The Hall–Kier alpha value is -2.63. The van der Waals surface area contributed by atoms with Gasteiger partial charge in [0.25, 0.3) is 5.78 Å². The van der Waals surface area contributed by atoms with Gasteiger partial charge in [-0.25, -0.2) is 4.98 Å². The Morgan fingerprint density at radius 2 is 2.09 bits per heavy atom. The van der Waals surface area contributed by atoms with Crippen LogP contribution >= 0.6 is 0 Å². The van der Waals surface area contributed by atoms with E-state index in [0.29, 0.717) is 5.78 Å². The highest BCUT2D eigenvalue weighted by Gasteiger charge is 2.16. The van der Waals surface area contributed by atoms with Crippen molar-refractivity contribution in [1.29, 1.82) is 0 Å². The summed E-state index contributed by atoms with van der Waals surface area (Å²) in [6.07, 6.45) is 2.30. The summed E-state index contributed by atoms with van der Waals surface area (Å²) in [6, 6.07) is 8.08. The van der Waals surface area contributed by atoms with Crippen molar-refractivity contribution in [3.05, 3.63) is 47.4 Å². The molecular weight excluding hydrogens is 278 g/mol. The Morgan fingerprint density at radius 1 is 1.27 bits per heavy atom. The van der Waals surface area contributed by atoms with Crippen molar-refractivity contribution in [2.45, 2.75) is 13.3 Å². The van der Waals surface area contributed by atoms with Crippen LogP contribution in [0.1, 0.15) is 16.8 Å². The first-order valence-electron chi connectivity index (χ1n) is 7.09. The minimum Gasteiger partial charge on any atom is -0.497 e. The minimum atomic E-state index is 0.621. The molecule has 0 aliphatic carbocycles. The van der Waals surface area contributed by atoms with Crippen molar-refractivity contribution < 1.29 is 4.74 Å². The van der Waals surface area contributed by atoms with E-state index in [4.69, 9.17) is 4.74 Å². The zero-order chi connectivity index (χ0) is 15.7. The van der Waals surface area contributed by atoms with Crippen LogP contribution in [0.2, 0.25) is 0 Å². The van der Waals surface area contributed by atoms with Gasteiger partial charge in [-0.15, -0.1) is 0 Å². The largest absolute Gasteiger partial charge is 0.497 e. The average Bonchev–Trinajstić information content (AvgIpc) is 2.95. The van der Waals surface area contributed by atoms with Crippen molar-refractivity contribution in [1.82, 2.24) is 19.6 Å². The van der Waals surface area contributed by atoms with Crippen LogP contribution in [0.5, 0.6) is 5.75 Å². The number of hydrogen-bond donors (Lipinski definition) is 0. The number of hydrogen-bond acceptors (Lipinski definition) is 5. The Kier molecular flexibility index (Phi) is 3.66. The molecule has 114 valence electrons. The van der Waals surface area contributed by atoms with E-state index < -0.39 is 0 Å². The van der Waals surface area contributed by atoms with E-state index >= 15 is 0 Å². The second kappa shape index (κ2) is 5.63. The van der Waals surface area contributed by atoms with E-state index in [1.54, 1.807) is 11.6 Å². The van der Waals surface area contributed by atoms with E-state index in [1.807, 2.05) is 44.1 Å². The monoisotopic (exact) mass is 297 g/mol. The Labute approximate surface area is 129 Å². The lowest BCUT2D eigenvalue weighted by molar-refractivity contribution is 0.414. The fourth-order valence-electron chi connectivity index (χ4n) is 2.62. The maximum atomic E-state index is 5.30. The highest BCUT2D eigenvalue weighted by Crippen LogP contribution is 2.25. The maximum absolute atomic E-state index is 5.30. The number of nitrogens with zero attached hydrogens (tertiary/aromatic N) is 5.